The second kappa shape index (κ2) is 7.63. The molecule has 148 valence electrons. The van der Waals surface area contributed by atoms with Crippen LogP contribution in [0.2, 0.25) is 0 Å². The molecule has 3 amide bonds. The molecule has 2 atom stereocenters. The van der Waals surface area contributed by atoms with Crippen LogP contribution in [0.3, 0.4) is 0 Å². The van der Waals surface area contributed by atoms with Crippen molar-refractivity contribution in [3.8, 4) is 11.5 Å². The number of sulfone groups is 1. The van der Waals surface area contributed by atoms with E-state index in [-0.39, 0.29) is 30.1 Å². The zero-order chi connectivity index (χ0) is 19.6. The van der Waals surface area contributed by atoms with E-state index in [0.717, 1.165) is 0 Å². The number of ether oxygens (including phenoxy) is 2. The maximum Gasteiger partial charge on any atom is 0.315 e. The molecule has 1 aromatic carbocycles. The Hall–Kier alpha value is -2.49. The summed E-state index contributed by atoms with van der Waals surface area (Å²) < 4.78 is 33.5. The van der Waals surface area contributed by atoms with Crippen molar-refractivity contribution >= 4 is 27.5 Å². The number of hydrogen-bond acceptors (Lipinski definition) is 6. The monoisotopic (exact) mass is 397 g/mol. The predicted octanol–water partition coefficient (Wildman–Crippen LogP) is 0.865. The zero-order valence-corrected chi connectivity index (χ0v) is 16.0. The molecule has 2 aliphatic heterocycles. The largest absolute Gasteiger partial charge is 0.454 e. The number of hydrogen-bond donors (Lipinski definition) is 3. The van der Waals surface area contributed by atoms with Crippen molar-refractivity contribution in [2.24, 2.45) is 5.92 Å². The normalized spacial score (nSPS) is 20.9. The van der Waals surface area contributed by atoms with Crippen molar-refractivity contribution in [1.29, 1.82) is 0 Å². The Morgan fingerprint density at radius 3 is 2.59 bits per heavy atom. The van der Waals surface area contributed by atoms with Gasteiger partial charge in [-0.05, 0) is 24.5 Å². The van der Waals surface area contributed by atoms with Gasteiger partial charge >= 0.3 is 6.03 Å². The first kappa shape index (κ1) is 19.3. The molecule has 10 heteroatoms. The maximum atomic E-state index is 12.6. The highest BCUT2D eigenvalue weighted by atomic mass is 32.2. The molecule has 0 bridgehead atoms. The number of urea groups is 1. The second-order valence-corrected chi connectivity index (χ2v) is 9.23. The molecule has 2 unspecified atom stereocenters. The average Bonchev–Trinajstić information content (AvgIpc) is 3.17. The van der Waals surface area contributed by atoms with Crippen molar-refractivity contribution in [3.05, 3.63) is 18.2 Å². The van der Waals surface area contributed by atoms with Crippen molar-refractivity contribution in [1.82, 2.24) is 10.6 Å². The molecule has 9 nitrogen and oxygen atoms in total. The third kappa shape index (κ3) is 4.82. The summed E-state index contributed by atoms with van der Waals surface area (Å²) in [4.78, 5) is 24.8. The average molecular weight is 397 g/mol. The summed E-state index contributed by atoms with van der Waals surface area (Å²) in [5.74, 6) is 0.598. The molecule has 27 heavy (non-hydrogen) atoms. The first-order valence-electron chi connectivity index (χ1n) is 8.71. The number of rotatable bonds is 5. The fourth-order valence-corrected chi connectivity index (χ4v) is 4.68. The number of fused-ring (bicyclic) bond motifs is 1. The van der Waals surface area contributed by atoms with E-state index >= 15 is 0 Å². The van der Waals surface area contributed by atoms with Crippen LogP contribution in [0, 0.1) is 5.92 Å². The highest BCUT2D eigenvalue weighted by Gasteiger charge is 2.31. The zero-order valence-electron chi connectivity index (χ0n) is 15.2. The van der Waals surface area contributed by atoms with E-state index in [1.165, 1.54) is 0 Å². The second-order valence-electron chi connectivity index (χ2n) is 7.00. The number of carbonyl (C=O) groups excluding carboxylic acids is 2. The lowest BCUT2D eigenvalue weighted by molar-refractivity contribution is -0.118. The lowest BCUT2D eigenvalue weighted by Crippen LogP contribution is -2.52. The first-order valence-corrected chi connectivity index (χ1v) is 10.5. The highest BCUT2D eigenvalue weighted by molar-refractivity contribution is 7.91. The summed E-state index contributed by atoms with van der Waals surface area (Å²) in [5.41, 5.74) is 0.527. The van der Waals surface area contributed by atoms with Gasteiger partial charge < -0.3 is 25.4 Å². The van der Waals surface area contributed by atoms with Crippen LogP contribution in [0.4, 0.5) is 10.5 Å². The Kier molecular flexibility index (Phi) is 5.45. The van der Waals surface area contributed by atoms with Crippen LogP contribution < -0.4 is 25.4 Å². The molecule has 2 aliphatic rings. The van der Waals surface area contributed by atoms with Crippen LogP contribution in [0.25, 0.3) is 0 Å². The van der Waals surface area contributed by atoms with Gasteiger partial charge in [-0.1, -0.05) is 13.8 Å². The van der Waals surface area contributed by atoms with E-state index in [9.17, 15) is 18.0 Å². The standard InChI is InChI=1S/C17H23N3O6S/c1-10(2)15(20-17(22)19-12-5-6-27(23,24)8-12)16(21)18-11-3-4-13-14(7-11)26-9-25-13/h3-4,7,10,12,15H,5-6,8-9H2,1-2H3,(H,18,21)(H2,19,20,22). The van der Waals surface area contributed by atoms with Gasteiger partial charge in [-0.3, -0.25) is 4.79 Å². The number of amides is 3. The number of carbonyl (C=O) groups is 2. The molecule has 1 aromatic rings. The fraction of sp³-hybridized carbons (Fsp3) is 0.529. The molecule has 1 saturated heterocycles. The SMILES string of the molecule is CC(C)C(NC(=O)NC1CCS(=O)(=O)C1)C(=O)Nc1ccc2c(c1)OCO2. The minimum absolute atomic E-state index is 0.0656. The van der Waals surface area contributed by atoms with Gasteiger partial charge in [0.25, 0.3) is 0 Å². The molecule has 0 spiro atoms. The van der Waals surface area contributed by atoms with Gasteiger partial charge in [-0.15, -0.1) is 0 Å². The van der Waals surface area contributed by atoms with Gasteiger partial charge in [0.05, 0.1) is 11.5 Å². The molecular weight excluding hydrogens is 374 g/mol. The molecule has 0 radical (unpaired) electrons. The summed E-state index contributed by atoms with van der Waals surface area (Å²) in [6.07, 6.45) is 0.380. The third-order valence-corrected chi connectivity index (χ3v) is 6.21. The quantitative estimate of drug-likeness (QED) is 0.677. The van der Waals surface area contributed by atoms with Crippen molar-refractivity contribution < 1.29 is 27.5 Å². The fourth-order valence-electron chi connectivity index (χ4n) is 3.01. The predicted molar refractivity (Wildman–Crippen MR) is 98.5 cm³/mol. The van der Waals surface area contributed by atoms with E-state index in [1.807, 2.05) is 13.8 Å². The van der Waals surface area contributed by atoms with Crippen molar-refractivity contribution in [2.45, 2.75) is 32.4 Å². The molecular formula is C17H23N3O6S. The van der Waals surface area contributed by atoms with Crippen molar-refractivity contribution in [2.75, 3.05) is 23.6 Å². The summed E-state index contributed by atoms with van der Waals surface area (Å²) in [6, 6.07) is 3.26. The topological polar surface area (TPSA) is 123 Å². The van der Waals surface area contributed by atoms with Gasteiger partial charge in [0.15, 0.2) is 21.3 Å². The molecule has 0 saturated carbocycles. The van der Waals surface area contributed by atoms with E-state index < -0.39 is 28.0 Å². The molecule has 3 N–H and O–H groups in total. The van der Waals surface area contributed by atoms with E-state index in [4.69, 9.17) is 9.47 Å². The van der Waals surface area contributed by atoms with Crippen LogP contribution in [0.1, 0.15) is 20.3 Å². The van der Waals surface area contributed by atoms with Crippen LogP contribution in [-0.2, 0) is 14.6 Å². The Bertz CT molecular complexity index is 839. The summed E-state index contributed by atoms with van der Waals surface area (Å²) >= 11 is 0. The number of anilines is 1. The molecule has 3 rings (SSSR count). The molecule has 0 aromatic heterocycles. The van der Waals surface area contributed by atoms with E-state index in [0.29, 0.717) is 23.6 Å². The van der Waals surface area contributed by atoms with Crippen molar-refractivity contribution in [3.63, 3.8) is 0 Å². The minimum Gasteiger partial charge on any atom is -0.454 e. The summed E-state index contributed by atoms with van der Waals surface area (Å²) in [6.45, 7) is 3.76. The van der Waals surface area contributed by atoms with E-state index in [2.05, 4.69) is 16.0 Å². The third-order valence-electron chi connectivity index (χ3n) is 4.44. The van der Waals surface area contributed by atoms with Crippen LogP contribution in [0.15, 0.2) is 18.2 Å². The van der Waals surface area contributed by atoms with Gasteiger partial charge in [0, 0.05) is 17.8 Å². The molecule has 2 heterocycles. The van der Waals surface area contributed by atoms with Gasteiger partial charge in [-0.2, -0.15) is 0 Å². The number of benzene rings is 1. The smallest absolute Gasteiger partial charge is 0.315 e. The molecule has 1 fully saturated rings. The Labute approximate surface area is 157 Å². The minimum atomic E-state index is -3.09. The van der Waals surface area contributed by atoms with Gasteiger partial charge in [-0.25, -0.2) is 13.2 Å². The molecule has 0 aliphatic carbocycles. The number of nitrogens with one attached hydrogen (secondary N) is 3. The van der Waals surface area contributed by atoms with Crippen LogP contribution in [-0.4, -0.2) is 50.7 Å². The van der Waals surface area contributed by atoms with Gasteiger partial charge in [0.2, 0.25) is 12.7 Å². The lowest BCUT2D eigenvalue weighted by Gasteiger charge is -2.23. The Morgan fingerprint density at radius 1 is 1.19 bits per heavy atom. The Morgan fingerprint density at radius 2 is 1.93 bits per heavy atom. The van der Waals surface area contributed by atoms with Crippen LogP contribution >= 0.6 is 0 Å². The first-order chi connectivity index (χ1) is 12.7. The van der Waals surface area contributed by atoms with Gasteiger partial charge in [0.1, 0.15) is 6.04 Å². The Balaban J connectivity index is 1.59. The summed E-state index contributed by atoms with van der Waals surface area (Å²) in [7, 11) is -3.09. The lowest BCUT2D eigenvalue weighted by atomic mass is 10.0. The van der Waals surface area contributed by atoms with E-state index in [1.54, 1.807) is 18.2 Å². The highest BCUT2D eigenvalue weighted by Crippen LogP contribution is 2.34. The van der Waals surface area contributed by atoms with Crippen LogP contribution in [0.5, 0.6) is 11.5 Å². The maximum absolute atomic E-state index is 12.6. The summed E-state index contributed by atoms with van der Waals surface area (Å²) in [5, 5.41) is 8.01.